The summed E-state index contributed by atoms with van der Waals surface area (Å²) in [5.74, 6) is 0. The van der Waals surface area contributed by atoms with E-state index in [0.717, 1.165) is 0 Å². The van der Waals surface area contributed by atoms with E-state index >= 15 is 0 Å². The Morgan fingerprint density at radius 1 is 1.33 bits per heavy atom. The topological polar surface area (TPSA) is 0 Å². The Bertz CT molecular complexity index is 27.2. The average molecular weight is 98.1 g/mol. The van der Waals surface area contributed by atoms with Gasteiger partial charge in [0, 0.05) is 6.42 Å². The second-order valence-electron chi connectivity index (χ2n) is 0.869. The van der Waals surface area contributed by atoms with Crippen LogP contribution in [-0.2, 0) is 0 Å². The molecule has 0 aromatic carbocycles. The monoisotopic (exact) mass is 98.0 g/mol. The largest absolute Gasteiger partial charge is 0.251 e. The van der Waals surface area contributed by atoms with Crippen LogP contribution in [-0.4, -0.2) is 13.1 Å². The van der Waals surface area contributed by atoms with Crippen molar-refractivity contribution in [3.63, 3.8) is 0 Å². The fourth-order valence-electron chi connectivity index (χ4n) is 0.0825. The number of alkyl halides is 3. The van der Waals surface area contributed by atoms with E-state index in [1.165, 1.54) is 0 Å². The van der Waals surface area contributed by atoms with Crippen molar-refractivity contribution in [2.45, 2.75) is 12.8 Å². The highest BCUT2D eigenvalue weighted by molar-refractivity contribution is 4.33. The maximum atomic E-state index is 10.8. The number of hydrogen-bond acceptors (Lipinski definition) is 0. The van der Waals surface area contributed by atoms with E-state index in [9.17, 15) is 13.2 Å². The van der Waals surface area contributed by atoms with Crippen LogP contribution in [0.25, 0.3) is 0 Å². The molecular formula is C3H5F3. The van der Waals surface area contributed by atoms with Gasteiger partial charge < -0.3 is 0 Å². The van der Waals surface area contributed by atoms with Gasteiger partial charge in [0.05, 0.1) is 6.67 Å². The molecular weight excluding hydrogens is 93.0 g/mol. The molecule has 0 spiro atoms. The molecule has 0 aromatic rings. The van der Waals surface area contributed by atoms with Crippen LogP contribution in [0.2, 0.25) is 0 Å². The second kappa shape index (κ2) is 3.00. The molecule has 0 nitrogen and oxygen atoms in total. The molecule has 0 saturated carbocycles. The predicted octanol–water partition coefficient (Wildman–Crippen LogP) is 1.61. The maximum absolute atomic E-state index is 10.8. The van der Waals surface area contributed by atoms with Gasteiger partial charge in [-0.15, -0.1) is 0 Å². The maximum Gasteiger partial charge on any atom is 0.241 e. The summed E-state index contributed by atoms with van der Waals surface area (Å²) in [6.07, 6.45) is -3.10. The van der Waals surface area contributed by atoms with E-state index in [1.54, 1.807) is 0 Å². The van der Waals surface area contributed by atoms with Gasteiger partial charge in [-0.3, -0.25) is 4.39 Å². The van der Waals surface area contributed by atoms with Gasteiger partial charge in [0.25, 0.3) is 0 Å². The zero-order valence-electron chi connectivity index (χ0n) is 3.13. The Morgan fingerprint density at radius 3 is 1.83 bits per heavy atom. The number of halogens is 3. The summed E-state index contributed by atoms with van der Waals surface area (Å²) < 4.78 is 32.4. The molecule has 0 atom stereocenters. The first-order valence-corrected chi connectivity index (χ1v) is 1.61. The van der Waals surface area contributed by atoms with Crippen LogP contribution in [0.15, 0.2) is 0 Å². The van der Waals surface area contributed by atoms with E-state index in [4.69, 9.17) is 0 Å². The van der Waals surface area contributed by atoms with Gasteiger partial charge in [-0.25, -0.2) is 8.78 Å². The van der Waals surface area contributed by atoms with Crippen molar-refractivity contribution in [1.82, 2.24) is 0 Å². The first-order valence-electron chi connectivity index (χ1n) is 1.61. The van der Waals surface area contributed by atoms with Gasteiger partial charge >= 0.3 is 0 Å². The Kier molecular flexibility index (Phi) is 2.89. The molecule has 0 bridgehead atoms. The van der Waals surface area contributed by atoms with Crippen LogP contribution in [0.5, 0.6) is 0 Å². The fourth-order valence-corrected chi connectivity index (χ4v) is 0.0825. The minimum absolute atomic E-state index is 0.625. The van der Waals surface area contributed by atoms with Gasteiger partial charge in [0.1, 0.15) is 0 Å². The molecule has 0 saturated heterocycles. The van der Waals surface area contributed by atoms with Crippen LogP contribution in [0, 0.1) is 0 Å². The Morgan fingerprint density at radius 2 is 1.83 bits per heavy atom. The third kappa shape index (κ3) is 3.79. The first kappa shape index (κ1) is 5.79. The fraction of sp³-hybridized carbons (Fsp3) is 1.00. The molecule has 6 heavy (non-hydrogen) atoms. The molecule has 0 aliphatic carbocycles. The van der Waals surface area contributed by atoms with E-state index in [0.29, 0.717) is 0 Å². The summed E-state index contributed by atoms with van der Waals surface area (Å²) in [4.78, 5) is 0. The Labute approximate surface area is 34.0 Å². The van der Waals surface area contributed by atoms with Crippen molar-refractivity contribution in [3.05, 3.63) is 0 Å². The lowest BCUT2D eigenvalue weighted by molar-refractivity contribution is 0.127. The summed E-state index contributed by atoms with van der Waals surface area (Å²) in [5.41, 5.74) is 0. The van der Waals surface area contributed by atoms with Crippen LogP contribution in [0.3, 0.4) is 0 Å². The van der Waals surface area contributed by atoms with Crippen molar-refractivity contribution in [3.8, 4) is 0 Å². The first-order chi connectivity index (χ1) is 2.77. The summed E-state index contributed by atoms with van der Waals surface area (Å²) in [5, 5.41) is 0. The predicted molar refractivity (Wildman–Crippen MR) is 16.6 cm³/mol. The highest BCUT2D eigenvalue weighted by Gasteiger charge is 1.97. The lowest BCUT2D eigenvalue weighted by atomic mass is 10.5. The molecule has 0 rings (SSSR count). The van der Waals surface area contributed by atoms with E-state index in [-0.39, 0.29) is 0 Å². The van der Waals surface area contributed by atoms with Crippen LogP contribution < -0.4 is 0 Å². The average Bonchev–Trinajstić information content (AvgIpc) is 1.35. The minimum atomic E-state index is -2.48. The zero-order valence-corrected chi connectivity index (χ0v) is 3.13. The van der Waals surface area contributed by atoms with Crippen molar-refractivity contribution >= 4 is 0 Å². The van der Waals surface area contributed by atoms with Gasteiger partial charge in [-0.2, -0.15) is 0 Å². The van der Waals surface area contributed by atoms with E-state index < -0.39 is 19.5 Å². The second-order valence-corrected chi connectivity index (χ2v) is 0.869. The van der Waals surface area contributed by atoms with Gasteiger partial charge in [-0.1, -0.05) is 0 Å². The lowest BCUT2D eigenvalue weighted by Gasteiger charge is -1.85. The molecule has 0 amide bonds. The van der Waals surface area contributed by atoms with Gasteiger partial charge in [0.15, 0.2) is 0 Å². The molecule has 38 valence electrons. The molecule has 0 aliphatic rings. The summed E-state index contributed by atoms with van der Waals surface area (Å²) in [6, 6.07) is 0. The van der Waals surface area contributed by atoms with Crippen molar-refractivity contribution in [1.29, 1.82) is 0 Å². The number of rotatable bonds is 2. The minimum Gasteiger partial charge on any atom is -0.251 e. The lowest BCUT2D eigenvalue weighted by Crippen LogP contribution is -1.88. The van der Waals surface area contributed by atoms with Crippen LogP contribution in [0.1, 0.15) is 6.42 Å². The van der Waals surface area contributed by atoms with Gasteiger partial charge in [0.2, 0.25) is 6.43 Å². The number of hydrogen-bond donors (Lipinski definition) is 0. The normalized spacial score (nSPS) is 10.0. The molecule has 0 heterocycles. The highest BCUT2D eigenvalue weighted by atomic mass is 19.3. The van der Waals surface area contributed by atoms with Crippen LogP contribution >= 0.6 is 0 Å². The standard InChI is InChI=1S/C3H5F3/c4-2-1-3(5)6/h3H,1-2H2. The van der Waals surface area contributed by atoms with Gasteiger partial charge in [-0.05, 0) is 0 Å². The molecule has 0 fully saturated rings. The summed E-state index contributed by atoms with van der Waals surface area (Å²) in [6.45, 7) is -0.919. The third-order valence-corrected chi connectivity index (χ3v) is 0.327. The van der Waals surface area contributed by atoms with Crippen molar-refractivity contribution in [2.24, 2.45) is 0 Å². The quantitative estimate of drug-likeness (QED) is 0.492. The molecule has 0 aromatic heterocycles. The Hall–Kier alpha value is -0.210. The molecule has 0 radical (unpaired) electrons. The molecule has 3 heteroatoms. The third-order valence-electron chi connectivity index (χ3n) is 0.327. The Balaban J connectivity index is 2.63. The summed E-state index contributed by atoms with van der Waals surface area (Å²) >= 11 is 0. The zero-order chi connectivity index (χ0) is 4.99. The smallest absolute Gasteiger partial charge is 0.241 e. The SMILES string of the molecule is FCCC(F)F. The van der Waals surface area contributed by atoms with E-state index in [2.05, 4.69) is 0 Å². The van der Waals surface area contributed by atoms with Crippen molar-refractivity contribution < 1.29 is 13.2 Å². The molecule has 0 N–H and O–H groups in total. The molecule has 0 aliphatic heterocycles. The van der Waals surface area contributed by atoms with Crippen molar-refractivity contribution in [2.75, 3.05) is 6.67 Å². The highest BCUT2D eigenvalue weighted by Crippen LogP contribution is 1.96. The van der Waals surface area contributed by atoms with E-state index in [1.807, 2.05) is 0 Å². The van der Waals surface area contributed by atoms with Crippen LogP contribution in [0.4, 0.5) is 13.2 Å². The molecule has 0 unspecified atom stereocenters. The summed E-state index contributed by atoms with van der Waals surface area (Å²) in [7, 11) is 0.